The highest BCUT2D eigenvalue weighted by Crippen LogP contribution is 2.29. The van der Waals surface area contributed by atoms with Crippen molar-refractivity contribution in [2.24, 2.45) is 0 Å². The zero-order valence-corrected chi connectivity index (χ0v) is 16.5. The van der Waals surface area contributed by atoms with Crippen molar-refractivity contribution in [2.45, 2.75) is 20.5 Å². The van der Waals surface area contributed by atoms with Crippen LogP contribution in [0.2, 0.25) is 0 Å². The third kappa shape index (κ3) is 3.84. The third-order valence-electron chi connectivity index (χ3n) is 4.01. The van der Waals surface area contributed by atoms with Crippen molar-refractivity contribution in [2.75, 3.05) is 5.32 Å². The Morgan fingerprint density at radius 3 is 2.74 bits per heavy atom. The van der Waals surface area contributed by atoms with Gasteiger partial charge in [-0.25, -0.2) is 9.97 Å². The van der Waals surface area contributed by atoms with Gasteiger partial charge in [0, 0.05) is 5.38 Å². The number of anilines is 1. The number of benzene rings is 2. The fourth-order valence-corrected chi connectivity index (χ4v) is 4.25. The first kappa shape index (κ1) is 17.6. The van der Waals surface area contributed by atoms with Crippen LogP contribution in [0, 0.1) is 13.8 Å². The van der Waals surface area contributed by atoms with Gasteiger partial charge in [0.1, 0.15) is 12.4 Å². The molecule has 27 heavy (non-hydrogen) atoms. The van der Waals surface area contributed by atoms with Gasteiger partial charge in [-0.05, 0) is 37.6 Å². The van der Waals surface area contributed by atoms with Crippen molar-refractivity contribution in [1.29, 1.82) is 0 Å². The summed E-state index contributed by atoms with van der Waals surface area (Å²) >= 11 is 3.04. The summed E-state index contributed by atoms with van der Waals surface area (Å²) in [5.74, 6) is 0.287. The number of aryl methyl sites for hydroxylation is 2. The van der Waals surface area contributed by atoms with E-state index in [1.165, 1.54) is 11.3 Å². The molecule has 1 amide bonds. The van der Waals surface area contributed by atoms with Crippen LogP contribution < -0.4 is 10.1 Å². The number of rotatable bonds is 5. The molecule has 2 aromatic carbocycles. The fourth-order valence-electron chi connectivity index (χ4n) is 2.71. The number of para-hydroxylation sites is 2. The average molecular weight is 396 g/mol. The van der Waals surface area contributed by atoms with Gasteiger partial charge < -0.3 is 4.74 Å². The smallest absolute Gasteiger partial charge is 0.261 e. The fraction of sp³-hybridized carbons (Fsp3) is 0.150. The summed E-state index contributed by atoms with van der Waals surface area (Å²) < 4.78 is 6.89. The van der Waals surface area contributed by atoms with Crippen LogP contribution in [-0.4, -0.2) is 15.9 Å². The summed E-state index contributed by atoms with van der Waals surface area (Å²) in [5, 5.41) is 6.42. The van der Waals surface area contributed by atoms with Crippen LogP contribution in [0.4, 0.5) is 5.13 Å². The monoisotopic (exact) mass is 395 g/mol. The number of nitrogens with one attached hydrogen (secondary N) is 1. The standard InChI is InChI=1S/C20H17N3O2S2/c1-12-6-5-9-17-18(12)22-20(27-17)23-19(24)15-7-3-4-8-16(15)25-10-14-11-26-13(2)21-14/h3-9,11H,10H2,1-2H3,(H,22,23,24). The number of fused-ring (bicyclic) bond motifs is 1. The van der Waals surface area contributed by atoms with Crippen LogP contribution in [0.1, 0.15) is 26.6 Å². The molecule has 0 atom stereocenters. The Labute approximate surface area is 164 Å². The minimum absolute atomic E-state index is 0.239. The van der Waals surface area contributed by atoms with E-state index >= 15 is 0 Å². The van der Waals surface area contributed by atoms with E-state index in [2.05, 4.69) is 15.3 Å². The van der Waals surface area contributed by atoms with Crippen molar-refractivity contribution in [1.82, 2.24) is 9.97 Å². The van der Waals surface area contributed by atoms with E-state index in [-0.39, 0.29) is 5.91 Å². The number of aromatic nitrogens is 2. The Hall–Kier alpha value is -2.77. The molecule has 0 radical (unpaired) electrons. The van der Waals surface area contributed by atoms with Gasteiger partial charge in [0.2, 0.25) is 0 Å². The number of carbonyl (C=O) groups is 1. The van der Waals surface area contributed by atoms with Crippen molar-refractivity contribution < 1.29 is 9.53 Å². The van der Waals surface area contributed by atoms with Crippen LogP contribution in [-0.2, 0) is 6.61 Å². The SMILES string of the molecule is Cc1nc(COc2ccccc2C(=O)Nc2nc3c(C)cccc3s2)cs1. The van der Waals surface area contributed by atoms with Gasteiger partial charge in [-0.2, -0.15) is 0 Å². The van der Waals surface area contributed by atoms with E-state index in [1.807, 2.05) is 49.6 Å². The van der Waals surface area contributed by atoms with E-state index < -0.39 is 0 Å². The molecule has 0 fully saturated rings. The maximum absolute atomic E-state index is 12.8. The molecule has 0 aliphatic carbocycles. The quantitative estimate of drug-likeness (QED) is 0.504. The van der Waals surface area contributed by atoms with Gasteiger partial charge in [0.25, 0.3) is 5.91 Å². The van der Waals surface area contributed by atoms with Gasteiger partial charge in [-0.3, -0.25) is 10.1 Å². The molecule has 4 aromatic rings. The van der Waals surface area contributed by atoms with Crippen molar-refractivity contribution >= 4 is 43.9 Å². The van der Waals surface area contributed by atoms with Crippen LogP contribution >= 0.6 is 22.7 Å². The number of ether oxygens (including phenoxy) is 1. The molecule has 0 saturated carbocycles. The molecule has 5 nitrogen and oxygen atoms in total. The largest absolute Gasteiger partial charge is 0.486 e. The van der Waals surface area contributed by atoms with Crippen LogP contribution in [0.15, 0.2) is 47.8 Å². The average Bonchev–Trinajstić information content (AvgIpc) is 3.26. The second-order valence-corrected chi connectivity index (χ2v) is 8.13. The number of thiazole rings is 2. The molecule has 1 N–H and O–H groups in total. The molecule has 2 aromatic heterocycles. The van der Waals surface area contributed by atoms with Crippen molar-refractivity contribution in [3.8, 4) is 5.75 Å². The highest BCUT2D eigenvalue weighted by atomic mass is 32.1. The maximum Gasteiger partial charge on any atom is 0.261 e. The molecular weight excluding hydrogens is 378 g/mol. The topological polar surface area (TPSA) is 64.1 Å². The molecule has 7 heteroatoms. The lowest BCUT2D eigenvalue weighted by atomic mass is 10.2. The highest BCUT2D eigenvalue weighted by Gasteiger charge is 2.15. The normalized spacial score (nSPS) is 10.9. The van der Waals surface area contributed by atoms with Crippen LogP contribution in [0.5, 0.6) is 5.75 Å². The Balaban J connectivity index is 1.53. The summed E-state index contributed by atoms with van der Waals surface area (Å²) in [6.45, 7) is 4.29. The van der Waals surface area contributed by atoms with Gasteiger partial charge in [-0.1, -0.05) is 35.6 Å². The number of amides is 1. The summed E-state index contributed by atoms with van der Waals surface area (Å²) in [6.07, 6.45) is 0. The minimum atomic E-state index is -0.239. The molecular formula is C20H17N3O2S2. The molecule has 0 aliphatic heterocycles. The lowest BCUT2D eigenvalue weighted by Crippen LogP contribution is -2.13. The maximum atomic E-state index is 12.8. The lowest BCUT2D eigenvalue weighted by Gasteiger charge is -2.10. The van der Waals surface area contributed by atoms with Gasteiger partial charge in [0.15, 0.2) is 5.13 Å². The lowest BCUT2D eigenvalue weighted by molar-refractivity contribution is 0.102. The summed E-state index contributed by atoms with van der Waals surface area (Å²) in [7, 11) is 0. The molecule has 0 unspecified atom stereocenters. The highest BCUT2D eigenvalue weighted by molar-refractivity contribution is 7.22. The van der Waals surface area contributed by atoms with Crippen LogP contribution in [0.25, 0.3) is 10.2 Å². The third-order valence-corrected chi connectivity index (χ3v) is 5.77. The minimum Gasteiger partial charge on any atom is -0.486 e. The predicted octanol–water partition coefficient (Wildman–Crippen LogP) is 5.20. The molecule has 0 saturated heterocycles. The summed E-state index contributed by atoms with van der Waals surface area (Å²) in [6, 6.07) is 13.2. The van der Waals surface area contributed by atoms with E-state index in [4.69, 9.17) is 4.74 Å². The Morgan fingerprint density at radius 1 is 1.11 bits per heavy atom. The van der Waals surface area contributed by atoms with E-state index in [0.29, 0.717) is 23.1 Å². The van der Waals surface area contributed by atoms with Gasteiger partial charge in [0.05, 0.1) is 26.5 Å². The number of hydrogen-bond acceptors (Lipinski definition) is 6. The first-order valence-electron chi connectivity index (χ1n) is 8.40. The first-order chi connectivity index (χ1) is 13.1. The number of nitrogens with zero attached hydrogens (tertiary/aromatic N) is 2. The Morgan fingerprint density at radius 2 is 1.96 bits per heavy atom. The van der Waals surface area contributed by atoms with Crippen LogP contribution in [0.3, 0.4) is 0 Å². The molecule has 4 rings (SSSR count). The van der Waals surface area contributed by atoms with Gasteiger partial charge >= 0.3 is 0 Å². The molecule has 0 aliphatic rings. The summed E-state index contributed by atoms with van der Waals surface area (Å²) in [4.78, 5) is 21.7. The first-order valence-corrected chi connectivity index (χ1v) is 10.1. The summed E-state index contributed by atoms with van der Waals surface area (Å²) in [5.41, 5.74) is 3.34. The second kappa shape index (κ2) is 7.46. The van der Waals surface area contributed by atoms with Crippen molar-refractivity contribution in [3.63, 3.8) is 0 Å². The van der Waals surface area contributed by atoms with Gasteiger partial charge in [-0.15, -0.1) is 11.3 Å². The van der Waals surface area contributed by atoms with E-state index in [0.717, 1.165) is 26.5 Å². The zero-order valence-electron chi connectivity index (χ0n) is 14.9. The molecule has 136 valence electrons. The molecule has 0 spiro atoms. The van der Waals surface area contributed by atoms with E-state index in [1.54, 1.807) is 23.5 Å². The zero-order chi connectivity index (χ0) is 18.8. The number of hydrogen-bond donors (Lipinski definition) is 1. The Bertz CT molecular complexity index is 1120. The van der Waals surface area contributed by atoms with Crippen molar-refractivity contribution in [3.05, 3.63) is 69.7 Å². The van der Waals surface area contributed by atoms with E-state index in [9.17, 15) is 4.79 Å². The molecule has 0 bridgehead atoms. The second-order valence-electron chi connectivity index (χ2n) is 6.04. The molecule has 2 heterocycles. The Kier molecular flexibility index (Phi) is 4.87. The predicted molar refractivity (Wildman–Crippen MR) is 110 cm³/mol. The number of carbonyl (C=O) groups excluding carboxylic acids is 1.